The number of amides is 2. The van der Waals surface area contributed by atoms with Crippen molar-refractivity contribution in [2.75, 3.05) is 6.54 Å². The maximum absolute atomic E-state index is 12.9. The Bertz CT molecular complexity index is 888. The topological polar surface area (TPSA) is 99.1 Å². The highest BCUT2D eigenvalue weighted by Crippen LogP contribution is 2.32. The molecule has 3 N–H and O–H groups in total. The Morgan fingerprint density at radius 2 is 1.79 bits per heavy atom. The Morgan fingerprint density at radius 3 is 2.59 bits per heavy atom. The van der Waals surface area contributed by atoms with Crippen molar-refractivity contribution >= 4 is 12.0 Å². The number of carbonyl (C=O) groups excluding carboxylic acids is 2. The van der Waals surface area contributed by atoms with Crippen LogP contribution >= 0.6 is 0 Å². The van der Waals surface area contributed by atoms with Crippen LogP contribution in [-0.2, 0) is 22.6 Å². The first-order valence-electron chi connectivity index (χ1n) is 9.74. The Hall–Kier alpha value is -2.90. The molecular formula is C22H24N2O5. The van der Waals surface area contributed by atoms with Gasteiger partial charge in [0.2, 0.25) is 5.91 Å². The van der Waals surface area contributed by atoms with Crippen LogP contribution in [0.2, 0.25) is 0 Å². The molecule has 0 aromatic heterocycles. The van der Waals surface area contributed by atoms with Crippen LogP contribution in [0.5, 0.6) is 0 Å². The van der Waals surface area contributed by atoms with Gasteiger partial charge in [-0.05, 0) is 16.7 Å². The summed E-state index contributed by atoms with van der Waals surface area (Å²) in [5, 5.41) is 23.3. The fraction of sp³-hybridized carbons (Fsp3) is 0.364. The monoisotopic (exact) mass is 396 g/mol. The van der Waals surface area contributed by atoms with E-state index in [4.69, 9.17) is 4.74 Å². The van der Waals surface area contributed by atoms with Gasteiger partial charge in [-0.3, -0.25) is 9.69 Å². The molecule has 1 aliphatic carbocycles. The minimum atomic E-state index is -0.840. The van der Waals surface area contributed by atoms with Gasteiger partial charge in [-0.15, -0.1) is 0 Å². The molecule has 0 bridgehead atoms. The third-order valence-corrected chi connectivity index (χ3v) is 5.52. The summed E-state index contributed by atoms with van der Waals surface area (Å²) in [5.74, 6) is -0.404. The third kappa shape index (κ3) is 4.11. The van der Waals surface area contributed by atoms with Crippen molar-refractivity contribution in [2.24, 2.45) is 0 Å². The molecule has 1 aliphatic heterocycles. The van der Waals surface area contributed by atoms with Crippen molar-refractivity contribution in [3.8, 4) is 0 Å². The minimum absolute atomic E-state index is 0.0372. The molecule has 29 heavy (non-hydrogen) atoms. The minimum Gasteiger partial charge on any atom is -0.445 e. The zero-order chi connectivity index (χ0) is 20.4. The number of carbonyl (C=O) groups is 2. The van der Waals surface area contributed by atoms with E-state index >= 15 is 0 Å². The Morgan fingerprint density at radius 1 is 1.07 bits per heavy atom. The molecule has 1 saturated heterocycles. The van der Waals surface area contributed by atoms with E-state index in [1.54, 1.807) is 0 Å². The number of nitrogens with one attached hydrogen (secondary N) is 1. The second kappa shape index (κ2) is 8.23. The molecule has 1 fully saturated rings. The largest absolute Gasteiger partial charge is 0.445 e. The van der Waals surface area contributed by atoms with Gasteiger partial charge in [0.05, 0.1) is 24.8 Å². The van der Waals surface area contributed by atoms with Gasteiger partial charge in [-0.25, -0.2) is 4.79 Å². The van der Waals surface area contributed by atoms with Crippen LogP contribution in [0.15, 0.2) is 54.6 Å². The average molecular weight is 396 g/mol. The normalized spacial score (nSPS) is 25.5. The van der Waals surface area contributed by atoms with Crippen molar-refractivity contribution in [1.82, 2.24) is 10.2 Å². The van der Waals surface area contributed by atoms with Crippen molar-refractivity contribution < 1.29 is 24.5 Å². The number of aliphatic hydroxyl groups excluding tert-OH is 2. The van der Waals surface area contributed by atoms with Gasteiger partial charge in [0.25, 0.3) is 0 Å². The van der Waals surface area contributed by atoms with Crippen molar-refractivity contribution in [3.05, 3.63) is 71.3 Å². The summed E-state index contributed by atoms with van der Waals surface area (Å²) < 4.78 is 5.33. The van der Waals surface area contributed by atoms with Gasteiger partial charge in [-0.2, -0.15) is 0 Å². The lowest BCUT2D eigenvalue weighted by Gasteiger charge is -2.26. The number of aliphatic hydroxyl groups is 2. The summed E-state index contributed by atoms with van der Waals surface area (Å²) in [4.78, 5) is 26.7. The fourth-order valence-corrected chi connectivity index (χ4v) is 4.06. The van der Waals surface area contributed by atoms with Gasteiger partial charge >= 0.3 is 6.09 Å². The highest BCUT2D eigenvalue weighted by Gasteiger charge is 2.42. The first kappa shape index (κ1) is 19.4. The summed E-state index contributed by atoms with van der Waals surface area (Å²) in [6, 6.07) is 15.5. The lowest BCUT2D eigenvalue weighted by atomic mass is 10.1. The highest BCUT2D eigenvalue weighted by atomic mass is 16.6. The smallest absolute Gasteiger partial charge is 0.410 e. The van der Waals surface area contributed by atoms with E-state index in [1.807, 2.05) is 54.6 Å². The maximum Gasteiger partial charge on any atom is 0.410 e. The van der Waals surface area contributed by atoms with Crippen LogP contribution in [0.3, 0.4) is 0 Å². The molecular weight excluding hydrogens is 372 g/mol. The predicted molar refractivity (Wildman–Crippen MR) is 105 cm³/mol. The molecule has 2 amide bonds. The third-order valence-electron chi connectivity index (χ3n) is 5.52. The van der Waals surface area contributed by atoms with E-state index in [9.17, 15) is 19.8 Å². The van der Waals surface area contributed by atoms with Crippen molar-refractivity contribution in [2.45, 2.75) is 43.7 Å². The molecule has 0 spiro atoms. The van der Waals surface area contributed by atoms with Gasteiger partial charge in [0, 0.05) is 12.8 Å². The highest BCUT2D eigenvalue weighted by molar-refractivity contribution is 5.87. The Kier molecular flexibility index (Phi) is 5.51. The van der Waals surface area contributed by atoms with Crippen LogP contribution < -0.4 is 5.32 Å². The lowest BCUT2D eigenvalue weighted by molar-refractivity contribution is -0.126. The van der Waals surface area contributed by atoms with Crippen LogP contribution in [0.4, 0.5) is 4.79 Å². The quantitative estimate of drug-likeness (QED) is 0.728. The number of hydrogen-bond donors (Lipinski definition) is 3. The molecule has 7 heteroatoms. The second-order valence-corrected chi connectivity index (χ2v) is 7.55. The average Bonchev–Trinajstić information content (AvgIpc) is 3.27. The van der Waals surface area contributed by atoms with Gasteiger partial charge in [0.15, 0.2) is 0 Å². The summed E-state index contributed by atoms with van der Waals surface area (Å²) in [5.41, 5.74) is 2.72. The van der Waals surface area contributed by atoms with Crippen LogP contribution in [0.1, 0.15) is 29.2 Å². The number of rotatable bonds is 4. The molecule has 7 nitrogen and oxygen atoms in total. The molecule has 2 aromatic carbocycles. The van der Waals surface area contributed by atoms with E-state index in [1.165, 1.54) is 4.90 Å². The van der Waals surface area contributed by atoms with Crippen molar-refractivity contribution in [1.29, 1.82) is 0 Å². The molecule has 0 saturated carbocycles. The molecule has 1 heterocycles. The molecule has 0 radical (unpaired) electrons. The zero-order valence-electron chi connectivity index (χ0n) is 15.9. The first-order chi connectivity index (χ1) is 14.0. The summed E-state index contributed by atoms with van der Waals surface area (Å²) in [7, 11) is 0. The molecule has 152 valence electrons. The van der Waals surface area contributed by atoms with E-state index in [-0.39, 0.29) is 19.6 Å². The number of hydrogen-bond acceptors (Lipinski definition) is 5. The second-order valence-electron chi connectivity index (χ2n) is 7.55. The maximum atomic E-state index is 12.9. The zero-order valence-corrected chi connectivity index (χ0v) is 15.9. The summed E-state index contributed by atoms with van der Waals surface area (Å²) in [6.07, 6.45) is -1.55. The van der Waals surface area contributed by atoms with E-state index in [0.29, 0.717) is 6.42 Å². The molecule has 4 atom stereocenters. The number of fused-ring (bicyclic) bond motifs is 1. The SMILES string of the molecule is O=C(N[C@H]1c2ccccc2C[C@H]1O)[C@@H]1C[C@@H](O)CN1C(=O)OCc1ccccc1. The standard InChI is InChI=1S/C22H24N2O5/c25-16-11-18(24(12-16)22(28)29-13-14-6-2-1-3-7-14)21(27)23-20-17-9-5-4-8-15(17)10-19(20)26/h1-9,16,18-20,25-26H,10-13H2,(H,23,27)/t16-,18+,19-,20+/m1/s1. The Balaban J connectivity index is 1.42. The van der Waals surface area contributed by atoms with E-state index in [0.717, 1.165) is 16.7 Å². The van der Waals surface area contributed by atoms with Crippen LogP contribution in [-0.4, -0.2) is 51.9 Å². The molecule has 2 aromatic rings. The van der Waals surface area contributed by atoms with Gasteiger partial charge < -0.3 is 20.3 Å². The number of ether oxygens (including phenoxy) is 1. The number of likely N-dealkylation sites (tertiary alicyclic amines) is 1. The first-order valence-corrected chi connectivity index (χ1v) is 9.74. The van der Waals surface area contributed by atoms with Crippen LogP contribution in [0.25, 0.3) is 0 Å². The summed E-state index contributed by atoms with van der Waals surface area (Å²) in [6.45, 7) is 0.130. The van der Waals surface area contributed by atoms with Crippen LogP contribution in [0, 0.1) is 0 Å². The van der Waals surface area contributed by atoms with Gasteiger partial charge in [-0.1, -0.05) is 54.6 Å². The molecule has 2 aliphatic rings. The number of benzene rings is 2. The number of nitrogens with zero attached hydrogens (tertiary/aromatic N) is 1. The van der Waals surface area contributed by atoms with E-state index in [2.05, 4.69) is 5.32 Å². The lowest BCUT2D eigenvalue weighted by Crippen LogP contribution is -2.48. The molecule has 4 rings (SSSR count). The molecule has 0 unspecified atom stereocenters. The van der Waals surface area contributed by atoms with Crippen molar-refractivity contribution in [3.63, 3.8) is 0 Å². The number of β-amino-alcohol motifs (C(OH)–C–C–N with tert-alkyl or cyclic N) is 1. The summed E-state index contributed by atoms with van der Waals surface area (Å²) >= 11 is 0. The van der Waals surface area contributed by atoms with E-state index < -0.39 is 36.3 Å². The fourth-order valence-electron chi connectivity index (χ4n) is 4.06. The Labute approximate surface area is 168 Å². The predicted octanol–water partition coefficient (Wildman–Crippen LogP) is 1.53. The van der Waals surface area contributed by atoms with Gasteiger partial charge in [0.1, 0.15) is 12.6 Å².